The van der Waals surface area contributed by atoms with Crippen molar-refractivity contribution >= 4 is 29.3 Å². The Hall–Kier alpha value is -3.96. The predicted octanol–water partition coefficient (Wildman–Crippen LogP) is 5.11. The van der Waals surface area contributed by atoms with Gasteiger partial charge in [-0.15, -0.1) is 0 Å². The van der Waals surface area contributed by atoms with Crippen LogP contribution < -0.4 is 15.4 Å². The van der Waals surface area contributed by atoms with Crippen molar-refractivity contribution in [3.8, 4) is 11.8 Å². The van der Waals surface area contributed by atoms with E-state index < -0.39 is 11.9 Å². The Morgan fingerprint density at radius 2 is 1.86 bits per heavy atom. The molecule has 0 bridgehead atoms. The summed E-state index contributed by atoms with van der Waals surface area (Å²) >= 11 is 1.21. The third-order valence-electron chi connectivity index (χ3n) is 5.74. The van der Waals surface area contributed by atoms with Crippen molar-refractivity contribution in [2.45, 2.75) is 26.7 Å². The van der Waals surface area contributed by atoms with Crippen molar-refractivity contribution in [3.05, 3.63) is 93.7 Å². The van der Waals surface area contributed by atoms with Gasteiger partial charge in [0.25, 0.3) is 0 Å². The van der Waals surface area contributed by atoms with Crippen LogP contribution in [0, 0.1) is 25.2 Å². The van der Waals surface area contributed by atoms with E-state index in [0.717, 1.165) is 16.8 Å². The maximum atomic E-state index is 13.0. The molecule has 8 heteroatoms. The number of ether oxygens (including phenoxy) is 2. The molecule has 0 radical (unpaired) electrons. The first-order valence-corrected chi connectivity index (χ1v) is 12.3. The quantitative estimate of drug-likeness (QED) is 0.362. The van der Waals surface area contributed by atoms with Crippen molar-refractivity contribution in [1.82, 2.24) is 5.32 Å². The van der Waals surface area contributed by atoms with E-state index in [1.165, 1.54) is 24.9 Å². The number of carbonyl (C=O) groups is 2. The number of methoxy groups -OCH3 is 1. The smallest absolute Gasteiger partial charge is 0.337 e. The van der Waals surface area contributed by atoms with Crippen LogP contribution in [0.1, 0.15) is 29.5 Å². The van der Waals surface area contributed by atoms with Crippen LogP contribution in [-0.4, -0.2) is 31.3 Å². The van der Waals surface area contributed by atoms with Crippen LogP contribution in [0.3, 0.4) is 0 Å². The monoisotopic (exact) mass is 503 g/mol. The molecule has 0 saturated heterocycles. The standard InChI is InChI=1S/C28H29N3O4S/c1-6-14-35-28(33)24-19(4)30-27(21(15-29)25(24)20-12-7-8-13-22(20)34-5)36-16-23(32)31-26-17(2)10-9-11-18(26)3/h6-13,25,30H,1,14,16H2,2-5H3,(H,31,32). The minimum absolute atomic E-state index is 0.0416. The number of amides is 1. The summed E-state index contributed by atoms with van der Waals surface area (Å²) in [5, 5.41) is 16.8. The zero-order valence-corrected chi connectivity index (χ0v) is 21.6. The summed E-state index contributed by atoms with van der Waals surface area (Å²) in [6.07, 6.45) is 1.49. The second kappa shape index (κ2) is 12.1. The molecule has 1 amide bonds. The number of thioether (sulfide) groups is 1. The molecule has 0 aromatic heterocycles. The molecular weight excluding hydrogens is 474 g/mol. The fraction of sp³-hybridized carbons (Fsp3) is 0.250. The number of aryl methyl sites for hydroxylation is 2. The first-order chi connectivity index (χ1) is 17.3. The van der Waals surface area contributed by atoms with E-state index in [1.807, 2.05) is 50.2 Å². The van der Waals surface area contributed by atoms with E-state index in [4.69, 9.17) is 9.47 Å². The van der Waals surface area contributed by atoms with E-state index >= 15 is 0 Å². The summed E-state index contributed by atoms with van der Waals surface area (Å²) in [5.41, 5.74) is 4.53. The molecule has 2 aromatic rings. The molecule has 0 saturated carbocycles. The minimum atomic E-state index is -0.728. The van der Waals surface area contributed by atoms with Gasteiger partial charge in [-0.2, -0.15) is 5.26 Å². The molecule has 0 aliphatic carbocycles. The van der Waals surface area contributed by atoms with Crippen molar-refractivity contribution in [3.63, 3.8) is 0 Å². The summed E-state index contributed by atoms with van der Waals surface area (Å²) in [7, 11) is 1.54. The number of hydrogen-bond acceptors (Lipinski definition) is 7. The number of esters is 1. The highest BCUT2D eigenvalue weighted by molar-refractivity contribution is 8.03. The average molecular weight is 504 g/mol. The number of nitriles is 1. The van der Waals surface area contributed by atoms with E-state index in [2.05, 4.69) is 23.3 Å². The molecule has 0 fully saturated rings. The van der Waals surface area contributed by atoms with Gasteiger partial charge in [0, 0.05) is 16.9 Å². The van der Waals surface area contributed by atoms with Gasteiger partial charge in [-0.1, -0.05) is 60.8 Å². The van der Waals surface area contributed by atoms with Crippen molar-refractivity contribution in [1.29, 1.82) is 5.26 Å². The maximum Gasteiger partial charge on any atom is 0.337 e. The summed E-state index contributed by atoms with van der Waals surface area (Å²) in [5.74, 6) is -0.871. The number of para-hydroxylation sites is 2. The van der Waals surface area contributed by atoms with E-state index in [1.54, 1.807) is 13.0 Å². The summed E-state index contributed by atoms with van der Waals surface area (Å²) in [4.78, 5) is 25.8. The zero-order chi connectivity index (χ0) is 26.2. The van der Waals surface area contributed by atoms with Crippen molar-refractivity contribution < 1.29 is 19.1 Å². The lowest BCUT2D eigenvalue weighted by atomic mass is 9.82. The first kappa shape index (κ1) is 26.6. The van der Waals surface area contributed by atoms with Crippen LogP contribution in [0.25, 0.3) is 0 Å². The molecule has 2 aromatic carbocycles. The van der Waals surface area contributed by atoms with Gasteiger partial charge in [-0.3, -0.25) is 4.79 Å². The second-order valence-electron chi connectivity index (χ2n) is 8.18. The molecule has 1 aliphatic heterocycles. The highest BCUT2D eigenvalue weighted by Crippen LogP contribution is 2.44. The number of dihydropyridines is 1. The number of hydrogen-bond donors (Lipinski definition) is 2. The number of carbonyl (C=O) groups excluding carboxylic acids is 2. The van der Waals surface area contributed by atoms with Gasteiger partial charge in [-0.25, -0.2) is 4.79 Å². The minimum Gasteiger partial charge on any atom is -0.496 e. The van der Waals surface area contributed by atoms with Gasteiger partial charge in [0.1, 0.15) is 12.4 Å². The second-order valence-corrected chi connectivity index (χ2v) is 9.17. The lowest BCUT2D eigenvalue weighted by Crippen LogP contribution is -2.29. The molecular formula is C28H29N3O4S. The summed E-state index contributed by atoms with van der Waals surface area (Å²) in [6, 6.07) is 15.3. The topological polar surface area (TPSA) is 100 Å². The molecule has 186 valence electrons. The lowest BCUT2D eigenvalue weighted by molar-refractivity contribution is -0.138. The van der Waals surface area contributed by atoms with Crippen LogP contribution in [0.4, 0.5) is 5.69 Å². The van der Waals surface area contributed by atoms with Crippen LogP contribution in [-0.2, 0) is 14.3 Å². The van der Waals surface area contributed by atoms with Gasteiger partial charge in [0.2, 0.25) is 5.91 Å². The van der Waals surface area contributed by atoms with Crippen molar-refractivity contribution in [2.24, 2.45) is 0 Å². The number of nitrogens with zero attached hydrogens (tertiary/aromatic N) is 1. The molecule has 0 spiro atoms. The Labute approximate surface area is 215 Å². The Bertz CT molecular complexity index is 1270. The predicted molar refractivity (Wildman–Crippen MR) is 142 cm³/mol. The fourth-order valence-electron chi connectivity index (χ4n) is 4.05. The van der Waals surface area contributed by atoms with E-state index in [9.17, 15) is 14.9 Å². The molecule has 1 atom stereocenters. The number of nitrogens with one attached hydrogen (secondary N) is 2. The van der Waals surface area contributed by atoms with E-state index in [0.29, 0.717) is 33.2 Å². The molecule has 3 rings (SSSR count). The molecule has 7 nitrogen and oxygen atoms in total. The van der Waals surface area contributed by atoms with Crippen molar-refractivity contribution in [2.75, 3.05) is 24.8 Å². The molecule has 36 heavy (non-hydrogen) atoms. The Morgan fingerprint density at radius 1 is 1.17 bits per heavy atom. The highest BCUT2D eigenvalue weighted by Gasteiger charge is 2.37. The SMILES string of the molecule is C=CCOC(=O)C1=C(C)NC(SCC(=O)Nc2c(C)cccc2C)=C(C#N)C1c1ccccc1OC. The zero-order valence-electron chi connectivity index (χ0n) is 20.8. The van der Waals surface area contributed by atoms with Crippen LogP contribution in [0.2, 0.25) is 0 Å². The third kappa shape index (κ3) is 5.81. The number of benzene rings is 2. The van der Waals surface area contributed by atoms with Crippen LogP contribution in [0.15, 0.2) is 77.0 Å². The number of allylic oxidation sites excluding steroid dienone is 2. The molecule has 1 unspecified atom stereocenters. The Morgan fingerprint density at radius 3 is 2.50 bits per heavy atom. The van der Waals surface area contributed by atoms with E-state index in [-0.39, 0.29) is 18.3 Å². The Kier molecular flexibility index (Phi) is 8.98. The van der Waals surface area contributed by atoms with Gasteiger partial charge in [-0.05, 0) is 38.0 Å². The van der Waals surface area contributed by atoms with Crippen LogP contribution in [0.5, 0.6) is 5.75 Å². The Balaban J connectivity index is 1.96. The molecule has 1 aliphatic rings. The van der Waals surface area contributed by atoms with Crippen LogP contribution >= 0.6 is 11.8 Å². The number of rotatable bonds is 9. The normalized spacial score (nSPS) is 15.0. The summed E-state index contributed by atoms with van der Waals surface area (Å²) < 4.78 is 10.9. The average Bonchev–Trinajstić information content (AvgIpc) is 2.87. The van der Waals surface area contributed by atoms with Gasteiger partial charge in [0.05, 0.1) is 41.0 Å². The first-order valence-electron chi connectivity index (χ1n) is 11.3. The lowest BCUT2D eigenvalue weighted by Gasteiger charge is -2.30. The van der Waals surface area contributed by atoms with Gasteiger partial charge < -0.3 is 20.1 Å². The summed E-state index contributed by atoms with van der Waals surface area (Å²) in [6.45, 7) is 9.26. The fourth-order valence-corrected chi connectivity index (χ4v) is 4.94. The molecule has 2 N–H and O–H groups in total. The van der Waals surface area contributed by atoms with Gasteiger partial charge >= 0.3 is 5.97 Å². The molecule has 1 heterocycles. The number of anilines is 1. The highest BCUT2D eigenvalue weighted by atomic mass is 32.2. The third-order valence-corrected chi connectivity index (χ3v) is 6.76. The van der Waals surface area contributed by atoms with Gasteiger partial charge in [0.15, 0.2) is 0 Å². The maximum absolute atomic E-state index is 13.0. The largest absolute Gasteiger partial charge is 0.496 e.